The summed E-state index contributed by atoms with van der Waals surface area (Å²) in [6.07, 6.45) is 0. The molecule has 2 N–H and O–H groups in total. The monoisotopic (exact) mass is 188 g/mol. The highest BCUT2D eigenvalue weighted by molar-refractivity contribution is 5.83. The van der Waals surface area contributed by atoms with Gasteiger partial charge in [0.15, 0.2) is 0 Å². The second-order valence-corrected chi connectivity index (χ2v) is 2.95. The number of hydrogen-bond acceptors (Lipinski definition) is 3. The van der Waals surface area contributed by atoms with Gasteiger partial charge in [0.25, 0.3) is 0 Å². The Morgan fingerprint density at radius 2 is 2.08 bits per heavy atom. The Morgan fingerprint density at radius 1 is 1.54 bits per heavy atom. The molecule has 1 unspecified atom stereocenters. The van der Waals surface area contributed by atoms with Crippen LogP contribution in [0.5, 0.6) is 0 Å². The molecule has 0 saturated carbocycles. The second-order valence-electron chi connectivity index (χ2n) is 2.95. The summed E-state index contributed by atoms with van der Waals surface area (Å²) in [7, 11) is 1.59. The van der Waals surface area contributed by atoms with E-state index < -0.39 is 0 Å². The van der Waals surface area contributed by atoms with Gasteiger partial charge in [-0.3, -0.25) is 9.59 Å². The lowest BCUT2D eigenvalue weighted by Crippen LogP contribution is -2.43. The van der Waals surface area contributed by atoms with Gasteiger partial charge in [-0.25, -0.2) is 0 Å². The van der Waals surface area contributed by atoms with Crippen molar-refractivity contribution in [2.75, 3.05) is 20.2 Å². The van der Waals surface area contributed by atoms with Crippen LogP contribution in [0.4, 0.5) is 0 Å². The molecular formula is C8H16N2O3. The standard InChI is InChI=1S/C8H16N2O3/c1-6(5-11)10(3)8(13)4-9-7(2)12/h6,11H,4-5H2,1-3H3,(H,9,12). The van der Waals surface area contributed by atoms with Crippen molar-refractivity contribution in [2.24, 2.45) is 0 Å². The Labute approximate surface area is 77.7 Å². The van der Waals surface area contributed by atoms with E-state index in [1.165, 1.54) is 11.8 Å². The van der Waals surface area contributed by atoms with Crippen molar-refractivity contribution < 1.29 is 14.7 Å². The summed E-state index contributed by atoms with van der Waals surface area (Å²) in [5, 5.41) is 11.1. The molecule has 0 radical (unpaired) electrons. The molecule has 13 heavy (non-hydrogen) atoms. The molecular weight excluding hydrogens is 172 g/mol. The highest BCUT2D eigenvalue weighted by Crippen LogP contribution is 1.93. The summed E-state index contributed by atoms with van der Waals surface area (Å²) >= 11 is 0. The van der Waals surface area contributed by atoms with Crippen molar-refractivity contribution in [3.05, 3.63) is 0 Å². The molecule has 1 atom stereocenters. The number of nitrogens with one attached hydrogen (secondary N) is 1. The molecule has 0 saturated heterocycles. The summed E-state index contributed by atoms with van der Waals surface area (Å²) in [6.45, 7) is 2.98. The fourth-order valence-electron chi connectivity index (χ4n) is 0.693. The topological polar surface area (TPSA) is 69.6 Å². The minimum absolute atomic E-state index is 0.0177. The molecule has 0 bridgehead atoms. The van der Waals surface area contributed by atoms with E-state index in [-0.39, 0.29) is 31.0 Å². The van der Waals surface area contributed by atoms with Gasteiger partial charge < -0.3 is 15.3 Å². The molecule has 0 rings (SSSR count). The molecule has 0 heterocycles. The number of aliphatic hydroxyl groups is 1. The van der Waals surface area contributed by atoms with E-state index >= 15 is 0 Å². The highest BCUT2D eigenvalue weighted by Gasteiger charge is 2.14. The van der Waals surface area contributed by atoms with Crippen LogP contribution in [0, 0.1) is 0 Å². The largest absolute Gasteiger partial charge is 0.394 e. The maximum atomic E-state index is 11.2. The Balaban J connectivity index is 3.89. The van der Waals surface area contributed by atoms with Crippen molar-refractivity contribution in [1.82, 2.24) is 10.2 Å². The van der Waals surface area contributed by atoms with Gasteiger partial charge >= 0.3 is 0 Å². The van der Waals surface area contributed by atoms with Crippen LogP contribution in [0.3, 0.4) is 0 Å². The Hall–Kier alpha value is -1.10. The summed E-state index contributed by atoms with van der Waals surface area (Å²) in [5.74, 6) is -0.449. The second kappa shape index (κ2) is 5.53. The third kappa shape index (κ3) is 4.47. The van der Waals surface area contributed by atoms with Gasteiger partial charge in [0.2, 0.25) is 11.8 Å². The van der Waals surface area contributed by atoms with E-state index in [0.29, 0.717) is 0 Å². The van der Waals surface area contributed by atoms with Crippen LogP contribution >= 0.6 is 0 Å². The number of rotatable bonds is 4. The third-order valence-corrected chi connectivity index (χ3v) is 1.81. The van der Waals surface area contributed by atoms with Crippen LogP contribution < -0.4 is 5.32 Å². The van der Waals surface area contributed by atoms with Gasteiger partial charge in [-0.15, -0.1) is 0 Å². The summed E-state index contributed by atoms with van der Waals surface area (Å²) in [6, 6.07) is -0.221. The zero-order valence-corrected chi connectivity index (χ0v) is 8.20. The molecule has 0 aliphatic heterocycles. The lowest BCUT2D eigenvalue weighted by Gasteiger charge is -2.22. The van der Waals surface area contributed by atoms with Gasteiger partial charge in [0, 0.05) is 14.0 Å². The van der Waals surface area contributed by atoms with E-state index in [1.807, 2.05) is 0 Å². The normalized spacial score (nSPS) is 12.0. The number of likely N-dealkylation sites (N-methyl/N-ethyl adjacent to an activating group) is 1. The molecule has 0 spiro atoms. The molecule has 0 fully saturated rings. The molecule has 0 aromatic rings. The quantitative estimate of drug-likeness (QED) is 0.592. The van der Waals surface area contributed by atoms with Gasteiger partial charge in [0.05, 0.1) is 19.2 Å². The molecule has 2 amide bonds. The van der Waals surface area contributed by atoms with Gasteiger partial charge in [-0.1, -0.05) is 0 Å². The molecule has 0 aliphatic rings. The van der Waals surface area contributed by atoms with Crippen LogP contribution in [-0.4, -0.2) is 48.1 Å². The number of carbonyl (C=O) groups is 2. The first-order valence-electron chi connectivity index (χ1n) is 4.10. The first kappa shape index (κ1) is 11.9. The van der Waals surface area contributed by atoms with Crippen LogP contribution in [-0.2, 0) is 9.59 Å². The van der Waals surface area contributed by atoms with E-state index in [0.717, 1.165) is 0 Å². The number of nitrogens with zero attached hydrogens (tertiary/aromatic N) is 1. The van der Waals surface area contributed by atoms with E-state index in [9.17, 15) is 9.59 Å². The van der Waals surface area contributed by atoms with Crippen molar-refractivity contribution in [2.45, 2.75) is 19.9 Å². The zero-order valence-electron chi connectivity index (χ0n) is 8.20. The zero-order chi connectivity index (χ0) is 10.4. The van der Waals surface area contributed by atoms with Crippen LogP contribution in [0.2, 0.25) is 0 Å². The maximum Gasteiger partial charge on any atom is 0.242 e. The van der Waals surface area contributed by atoms with Crippen LogP contribution in [0.1, 0.15) is 13.8 Å². The summed E-state index contributed by atoms with van der Waals surface area (Å²) < 4.78 is 0. The Kier molecular flexibility index (Phi) is 5.06. The van der Waals surface area contributed by atoms with Crippen molar-refractivity contribution in [1.29, 1.82) is 0 Å². The average Bonchev–Trinajstić information content (AvgIpc) is 2.11. The Morgan fingerprint density at radius 3 is 2.46 bits per heavy atom. The first-order chi connectivity index (χ1) is 5.99. The minimum Gasteiger partial charge on any atom is -0.394 e. The molecule has 5 heteroatoms. The molecule has 0 aliphatic carbocycles. The van der Waals surface area contributed by atoms with Gasteiger partial charge in [-0.05, 0) is 6.92 Å². The van der Waals surface area contributed by atoms with E-state index in [4.69, 9.17) is 5.11 Å². The SMILES string of the molecule is CC(=O)NCC(=O)N(C)C(C)CO. The maximum absolute atomic E-state index is 11.2. The fraction of sp³-hybridized carbons (Fsp3) is 0.750. The minimum atomic E-state index is -0.238. The number of hydrogen-bond donors (Lipinski definition) is 2. The van der Waals surface area contributed by atoms with Crippen LogP contribution in [0.15, 0.2) is 0 Å². The predicted octanol–water partition coefficient (Wildman–Crippen LogP) is -1.04. The number of carbonyl (C=O) groups excluding carboxylic acids is 2. The van der Waals surface area contributed by atoms with Crippen molar-refractivity contribution >= 4 is 11.8 Å². The fourth-order valence-corrected chi connectivity index (χ4v) is 0.693. The smallest absolute Gasteiger partial charge is 0.242 e. The average molecular weight is 188 g/mol. The summed E-state index contributed by atoms with van der Waals surface area (Å²) in [4.78, 5) is 23.1. The predicted molar refractivity (Wildman–Crippen MR) is 48.0 cm³/mol. The summed E-state index contributed by atoms with van der Waals surface area (Å²) in [5.41, 5.74) is 0. The van der Waals surface area contributed by atoms with Gasteiger partial charge in [0.1, 0.15) is 0 Å². The van der Waals surface area contributed by atoms with Crippen molar-refractivity contribution in [3.63, 3.8) is 0 Å². The number of aliphatic hydroxyl groups excluding tert-OH is 1. The third-order valence-electron chi connectivity index (χ3n) is 1.81. The molecule has 0 aromatic heterocycles. The molecule has 76 valence electrons. The molecule has 0 aromatic carbocycles. The van der Waals surface area contributed by atoms with Crippen LogP contribution in [0.25, 0.3) is 0 Å². The lowest BCUT2D eigenvalue weighted by molar-refractivity contribution is -0.133. The lowest BCUT2D eigenvalue weighted by atomic mass is 10.3. The number of amides is 2. The highest BCUT2D eigenvalue weighted by atomic mass is 16.3. The molecule has 5 nitrogen and oxygen atoms in total. The van der Waals surface area contributed by atoms with Gasteiger partial charge in [-0.2, -0.15) is 0 Å². The Bertz CT molecular complexity index is 194. The first-order valence-corrected chi connectivity index (χ1v) is 4.10. The van der Waals surface area contributed by atoms with Crippen molar-refractivity contribution in [3.8, 4) is 0 Å². The van der Waals surface area contributed by atoms with E-state index in [2.05, 4.69) is 5.32 Å². The van der Waals surface area contributed by atoms with E-state index in [1.54, 1.807) is 14.0 Å².